The second kappa shape index (κ2) is 7.68. The number of hydrogen-bond acceptors (Lipinski definition) is 9. The van der Waals surface area contributed by atoms with Crippen molar-refractivity contribution >= 4 is 55.9 Å². The van der Waals surface area contributed by atoms with Gasteiger partial charge in [-0.25, -0.2) is 8.42 Å². The van der Waals surface area contributed by atoms with Gasteiger partial charge in [0.1, 0.15) is 0 Å². The van der Waals surface area contributed by atoms with Gasteiger partial charge in [-0.15, -0.1) is 0 Å². The van der Waals surface area contributed by atoms with Crippen LogP contribution in [0.1, 0.15) is 20.3 Å². The first-order chi connectivity index (χ1) is 11.9. The highest BCUT2D eigenvalue weighted by Gasteiger charge is 2.56. The molecule has 2 rings (SSSR count). The van der Waals surface area contributed by atoms with Crippen LogP contribution < -0.4 is 10.4 Å². The van der Waals surface area contributed by atoms with Gasteiger partial charge in [0.25, 0.3) is 0 Å². The number of carbonyl (C=O) groups excluding carboxylic acids is 3. The molecule has 26 heavy (non-hydrogen) atoms. The standard InChI is InChI=1S/C13H15BrN2O8S2/c1-5(24-26(21,22)23)10-7-3-8(25-9(14)4-15-6(2)17)11(13(19)20)16(7)12(10)18/h4-5,7,10H,3H2,1-2H3,(H,15,17)(H,19,20)(H,21,22,23)/p-2/b9-4+/t5-,7+,10-/m0/s1. The fraction of sp³-hybridized carbons (Fsp3) is 0.462. The van der Waals surface area contributed by atoms with Gasteiger partial charge in [0.05, 0.1) is 33.5 Å². The van der Waals surface area contributed by atoms with E-state index < -0.39 is 40.3 Å². The van der Waals surface area contributed by atoms with E-state index in [0.717, 1.165) is 16.7 Å². The van der Waals surface area contributed by atoms with Crippen molar-refractivity contribution in [1.29, 1.82) is 0 Å². The number of thioether (sulfide) groups is 1. The third-order valence-corrected chi connectivity index (χ3v) is 5.92. The number of fused-ring (bicyclic) bond motifs is 1. The molecule has 0 saturated carbocycles. The van der Waals surface area contributed by atoms with E-state index in [1.165, 1.54) is 20.0 Å². The van der Waals surface area contributed by atoms with Crippen LogP contribution in [0, 0.1) is 5.92 Å². The second-order valence-corrected chi connectivity index (χ2v) is 9.05. The molecule has 13 heteroatoms. The zero-order valence-corrected chi connectivity index (χ0v) is 16.6. The maximum Gasteiger partial charge on any atom is 0.235 e. The SMILES string of the molecule is CC(=O)N/C=C(\Br)SC1=C(C(=O)[O-])N2C(=O)[C@@H]([C@H](C)OS(=O)(=O)[O-])[C@H]2C1. The van der Waals surface area contributed by atoms with Gasteiger partial charge in [0, 0.05) is 24.4 Å². The first-order valence-electron chi connectivity index (χ1n) is 7.14. The van der Waals surface area contributed by atoms with Crippen molar-refractivity contribution in [3.8, 4) is 0 Å². The monoisotopic (exact) mass is 468 g/mol. The van der Waals surface area contributed by atoms with Crippen molar-refractivity contribution in [2.24, 2.45) is 5.92 Å². The molecule has 2 heterocycles. The van der Waals surface area contributed by atoms with E-state index in [9.17, 15) is 32.5 Å². The number of hydrogen-bond donors (Lipinski definition) is 1. The largest absolute Gasteiger partial charge is 0.726 e. The fourth-order valence-corrected chi connectivity index (χ4v) is 4.93. The average Bonchev–Trinajstić information content (AvgIpc) is 2.77. The van der Waals surface area contributed by atoms with Crippen molar-refractivity contribution in [3.05, 3.63) is 20.6 Å². The van der Waals surface area contributed by atoms with E-state index in [1.807, 2.05) is 0 Å². The molecule has 0 aromatic carbocycles. The Hall–Kier alpha value is -1.41. The van der Waals surface area contributed by atoms with Gasteiger partial charge in [-0.3, -0.25) is 13.8 Å². The van der Waals surface area contributed by atoms with Crippen LogP contribution in [0.15, 0.2) is 20.6 Å². The highest BCUT2D eigenvalue weighted by atomic mass is 79.9. The Kier molecular flexibility index (Phi) is 6.17. The minimum absolute atomic E-state index is 0.111. The summed E-state index contributed by atoms with van der Waals surface area (Å²) in [6.07, 6.45) is 0.203. The highest BCUT2D eigenvalue weighted by molar-refractivity contribution is 9.14. The zero-order chi connectivity index (χ0) is 19.8. The Morgan fingerprint density at radius 1 is 1.50 bits per heavy atom. The van der Waals surface area contributed by atoms with E-state index in [-0.39, 0.29) is 22.9 Å². The molecule has 1 saturated heterocycles. The first-order valence-corrected chi connectivity index (χ1v) is 10.1. The van der Waals surface area contributed by atoms with E-state index >= 15 is 0 Å². The number of amides is 2. The fourth-order valence-electron chi connectivity index (χ4n) is 2.85. The molecule has 0 radical (unpaired) electrons. The Bertz CT molecular complexity index is 822. The molecule has 0 unspecified atom stereocenters. The lowest BCUT2D eigenvalue weighted by Crippen LogP contribution is -2.63. The van der Waals surface area contributed by atoms with Gasteiger partial charge in [-0.2, -0.15) is 0 Å². The summed E-state index contributed by atoms with van der Waals surface area (Å²) in [6, 6.07) is -0.657. The van der Waals surface area contributed by atoms with Crippen LogP contribution in [0.25, 0.3) is 0 Å². The summed E-state index contributed by atoms with van der Waals surface area (Å²) < 4.78 is 36.9. The summed E-state index contributed by atoms with van der Waals surface area (Å²) >= 11 is 4.13. The van der Waals surface area contributed by atoms with Crippen molar-refractivity contribution in [3.63, 3.8) is 0 Å². The number of halogens is 1. The van der Waals surface area contributed by atoms with Gasteiger partial charge in [-0.05, 0) is 22.9 Å². The molecule has 144 valence electrons. The predicted octanol–water partition coefficient (Wildman–Crippen LogP) is -0.893. The van der Waals surface area contributed by atoms with E-state index in [2.05, 4.69) is 25.4 Å². The maximum absolute atomic E-state index is 12.3. The molecule has 2 aliphatic heterocycles. The van der Waals surface area contributed by atoms with Crippen LogP contribution in [-0.4, -0.2) is 47.8 Å². The van der Waals surface area contributed by atoms with Crippen LogP contribution >= 0.6 is 27.7 Å². The normalized spacial score (nSPS) is 24.2. The number of carbonyl (C=O) groups is 3. The average molecular weight is 469 g/mol. The maximum atomic E-state index is 12.3. The molecule has 0 aromatic heterocycles. The molecule has 1 N–H and O–H groups in total. The van der Waals surface area contributed by atoms with Gasteiger partial charge in [-0.1, -0.05) is 11.8 Å². The Morgan fingerprint density at radius 2 is 2.12 bits per heavy atom. The molecule has 2 amide bonds. The lowest BCUT2D eigenvalue weighted by molar-refractivity contribution is -0.301. The van der Waals surface area contributed by atoms with Crippen LogP contribution in [0.4, 0.5) is 0 Å². The molecule has 10 nitrogen and oxygen atoms in total. The second-order valence-electron chi connectivity index (χ2n) is 5.53. The van der Waals surface area contributed by atoms with Crippen LogP contribution in [-0.2, 0) is 29.0 Å². The zero-order valence-electron chi connectivity index (χ0n) is 13.4. The lowest BCUT2D eigenvalue weighted by Gasteiger charge is -2.46. The number of nitrogens with zero attached hydrogens (tertiary/aromatic N) is 1. The Labute approximate surface area is 161 Å². The van der Waals surface area contributed by atoms with Crippen LogP contribution in [0.2, 0.25) is 0 Å². The van der Waals surface area contributed by atoms with Gasteiger partial charge in [0.2, 0.25) is 22.2 Å². The highest BCUT2D eigenvalue weighted by Crippen LogP contribution is 2.49. The van der Waals surface area contributed by atoms with Crippen molar-refractivity contribution in [2.75, 3.05) is 0 Å². The van der Waals surface area contributed by atoms with Crippen molar-refractivity contribution in [2.45, 2.75) is 32.4 Å². The summed E-state index contributed by atoms with van der Waals surface area (Å²) in [5, 5.41) is 13.8. The quantitative estimate of drug-likeness (QED) is 0.284. The lowest BCUT2D eigenvalue weighted by atomic mass is 9.83. The topological polar surface area (TPSA) is 156 Å². The predicted molar refractivity (Wildman–Crippen MR) is 89.4 cm³/mol. The first kappa shape index (κ1) is 20.9. The number of carboxylic acid groups (broad SMARTS) is 1. The molecule has 0 spiro atoms. The number of β-lactam (4-membered cyclic amide) rings is 1. The van der Waals surface area contributed by atoms with Gasteiger partial charge in [0.15, 0.2) is 0 Å². The third kappa shape index (κ3) is 4.46. The molecule has 1 fully saturated rings. The van der Waals surface area contributed by atoms with Crippen LogP contribution in [0.5, 0.6) is 0 Å². The molecule has 3 atom stereocenters. The third-order valence-electron chi connectivity index (χ3n) is 3.75. The van der Waals surface area contributed by atoms with Crippen LogP contribution in [0.3, 0.4) is 0 Å². The minimum atomic E-state index is -5.00. The van der Waals surface area contributed by atoms with E-state index in [0.29, 0.717) is 3.81 Å². The Morgan fingerprint density at radius 3 is 2.62 bits per heavy atom. The van der Waals surface area contributed by atoms with Gasteiger partial charge < -0.3 is 24.7 Å². The summed E-state index contributed by atoms with van der Waals surface area (Å²) in [4.78, 5) is 35.9. The summed E-state index contributed by atoms with van der Waals surface area (Å²) in [6.45, 7) is 2.55. The molecular weight excluding hydrogens is 456 g/mol. The minimum Gasteiger partial charge on any atom is -0.726 e. The number of nitrogens with one attached hydrogen (secondary N) is 1. The van der Waals surface area contributed by atoms with Crippen molar-refractivity contribution in [1.82, 2.24) is 10.2 Å². The number of aliphatic carboxylic acids is 1. The van der Waals surface area contributed by atoms with Crippen molar-refractivity contribution < 1.29 is 36.6 Å². The summed E-state index contributed by atoms with van der Waals surface area (Å²) in [5.74, 6) is -3.52. The number of carboxylic acids is 1. The van der Waals surface area contributed by atoms with E-state index in [1.54, 1.807) is 0 Å². The van der Waals surface area contributed by atoms with E-state index in [4.69, 9.17) is 0 Å². The molecule has 0 bridgehead atoms. The summed E-state index contributed by atoms with van der Waals surface area (Å²) in [7, 11) is -5.00. The molecule has 0 aliphatic carbocycles. The van der Waals surface area contributed by atoms with Gasteiger partial charge >= 0.3 is 0 Å². The Balaban J connectivity index is 2.20. The smallest absolute Gasteiger partial charge is 0.235 e. The summed E-state index contributed by atoms with van der Waals surface area (Å²) in [5.41, 5.74) is -0.327. The molecular formula is C13H13BrN2O8S2-2. The number of rotatable bonds is 7. The molecule has 2 aliphatic rings. The molecule has 0 aromatic rings.